The molecule has 0 spiro atoms. The Morgan fingerprint density at radius 1 is 0.931 bits per heavy atom. The molecule has 1 amide bonds. The van der Waals surface area contributed by atoms with Crippen molar-refractivity contribution >= 4 is 40.8 Å². The Morgan fingerprint density at radius 3 is 1.97 bits per heavy atom. The van der Waals surface area contributed by atoms with Gasteiger partial charge in [-0.25, -0.2) is 0 Å². The van der Waals surface area contributed by atoms with Crippen LogP contribution in [-0.4, -0.2) is 39.3 Å². The lowest BCUT2D eigenvalue weighted by Gasteiger charge is -2.16. The fraction of sp³-hybridized carbons (Fsp3) is 0.300. The number of nitrogens with one attached hydrogen (secondary N) is 1. The summed E-state index contributed by atoms with van der Waals surface area (Å²) in [6.07, 6.45) is -1.11. The van der Waals surface area contributed by atoms with Crippen LogP contribution in [-0.2, 0) is 20.7 Å². The third kappa shape index (κ3) is 6.17. The van der Waals surface area contributed by atoms with Crippen molar-refractivity contribution in [2.24, 2.45) is 0 Å². The zero-order valence-corrected chi connectivity index (χ0v) is 17.9. The van der Waals surface area contributed by atoms with Crippen molar-refractivity contribution in [2.75, 3.05) is 26.6 Å². The van der Waals surface area contributed by atoms with E-state index in [0.717, 1.165) is 0 Å². The smallest absolute Gasteiger partial charge is 0.311 e. The lowest BCUT2D eigenvalue weighted by molar-refractivity contribution is -0.152. The van der Waals surface area contributed by atoms with E-state index in [2.05, 4.69) is 5.32 Å². The quantitative estimate of drug-likeness (QED) is 0.619. The largest absolute Gasteiger partial charge is 0.493 e. The number of rotatable bonds is 8. The van der Waals surface area contributed by atoms with Gasteiger partial charge in [0.1, 0.15) is 0 Å². The van der Waals surface area contributed by atoms with Gasteiger partial charge in [-0.15, -0.1) is 0 Å². The molecule has 1 atom stereocenters. The van der Waals surface area contributed by atoms with E-state index >= 15 is 0 Å². The van der Waals surface area contributed by atoms with Crippen molar-refractivity contribution in [3.8, 4) is 17.2 Å². The van der Waals surface area contributed by atoms with Crippen molar-refractivity contribution in [3.63, 3.8) is 0 Å². The highest BCUT2D eigenvalue weighted by atomic mass is 35.5. The Labute approximate surface area is 178 Å². The molecule has 2 rings (SSSR count). The van der Waals surface area contributed by atoms with Gasteiger partial charge in [0.15, 0.2) is 17.6 Å². The summed E-state index contributed by atoms with van der Waals surface area (Å²) in [5, 5.41) is 3.35. The molecule has 1 unspecified atom stereocenters. The first kappa shape index (κ1) is 22.6. The minimum Gasteiger partial charge on any atom is -0.493 e. The van der Waals surface area contributed by atoms with Crippen molar-refractivity contribution in [1.29, 1.82) is 0 Å². The van der Waals surface area contributed by atoms with Crippen LogP contribution in [0, 0.1) is 0 Å². The number of carbonyl (C=O) groups is 2. The number of carbonyl (C=O) groups excluding carboxylic acids is 2. The van der Waals surface area contributed by atoms with Gasteiger partial charge in [0, 0.05) is 15.7 Å². The maximum atomic E-state index is 12.3. The molecule has 0 fully saturated rings. The summed E-state index contributed by atoms with van der Waals surface area (Å²) in [4.78, 5) is 24.6. The normalized spacial score (nSPS) is 11.4. The van der Waals surface area contributed by atoms with Gasteiger partial charge in [0.05, 0.1) is 27.8 Å². The maximum absolute atomic E-state index is 12.3. The first-order valence-corrected chi connectivity index (χ1v) is 9.28. The zero-order chi connectivity index (χ0) is 21.6. The van der Waals surface area contributed by atoms with Crippen molar-refractivity contribution in [2.45, 2.75) is 19.4 Å². The summed E-state index contributed by atoms with van der Waals surface area (Å²) in [5.41, 5.74) is 0.985. The molecule has 0 saturated carbocycles. The molecule has 0 aliphatic heterocycles. The van der Waals surface area contributed by atoms with E-state index in [9.17, 15) is 9.59 Å². The highest BCUT2D eigenvalue weighted by Crippen LogP contribution is 2.38. The number of benzene rings is 2. The number of amides is 1. The molecule has 9 heteroatoms. The summed E-state index contributed by atoms with van der Waals surface area (Å²) >= 11 is 11.8. The molecule has 0 radical (unpaired) electrons. The van der Waals surface area contributed by atoms with Crippen molar-refractivity contribution in [3.05, 3.63) is 45.9 Å². The number of esters is 1. The third-order valence-corrected chi connectivity index (χ3v) is 4.32. The Balaban J connectivity index is 2.03. The van der Waals surface area contributed by atoms with Gasteiger partial charge in [-0.05, 0) is 42.8 Å². The summed E-state index contributed by atoms with van der Waals surface area (Å²) < 4.78 is 21.0. The van der Waals surface area contributed by atoms with Crippen molar-refractivity contribution in [1.82, 2.24) is 0 Å². The molecule has 0 heterocycles. The number of hydrogen-bond donors (Lipinski definition) is 1. The highest BCUT2D eigenvalue weighted by Gasteiger charge is 2.20. The van der Waals surface area contributed by atoms with Gasteiger partial charge < -0.3 is 24.3 Å². The van der Waals surface area contributed by atoms with Crippen LogP contribution in [0.4, 0.5) is 5.69 Å². The van der Waals surface area contributed by atoms with E-state index in [-0.39, 0.29) is 6.42 Å². The summed E-state index contributed by atoms with van der Waals surface area (Å²) in [5.74, 6) is 0.143. The van der Waals surface area contributed by atoms with Crippen LogP contribution in [0.1, 0.15) is 12.5 Å². The Morgan fingerprint density at radius 2 is 1.48 bits per heavy atom. The van der Waals surface area contributed by atoms with Gasteiger partial charge in [-0.2, -0.15) is 0 Å². The monoisotopic (exact) mass is 441 g/mol. The second-order valence-electron chi connectivity index (χ2n) is 5.99. The van der Waals surface area contributed by atoms with E-state index in [1.165, 1.54) is 40.4 Å². The van der Waals surface area contributed by atoms with E-state index in [1.54, 1.807) is 18.2 Å². The fourth-order valence-corrected chi connectivity index (χ4v) is 3.09. The van der Waals surface area contributed by atoms with Gasteiger partial charge in [0.2, 0.25) is 5.75 Å². The van der Waals surface area contributed by atoms with Crippen LogP contribution in [0.5, 0.6) is 17.2 Å². The Bertz CT molecular complexity index is 857. The van der Waals surface area contributed by atoms with Crippen LogP contribution in [0.15, 0.2) is 30.3 Å². The van der Waals surface area contributed by atoms with Crippen LogP contribution in [0.25, 0.3) is 0 Å². The molecule has 2 aromatic carbocycles. The lowest BCUT2D eigenvalue weighted by atomic mass is 10.1. The Hall–Kier alpha value is -2.64. The minimum absolute atomic E-state index is 0.0860. The molecule has 0 aliphatic carbocycles. The summed E-state index contributed by atoms with van der Waals surface area (Å²) in [6.45, 7) is 1.47. The predicted molar refractivity (Wildman–Crippen MR) is 110 cm³/mol. The first-order valence-electron chi connectivity index (χ1n) is 8.52. The summed E-state index contributed by atoms with van der Waals surface area (Å²) in [6, 6.07) is 7.90. The third-order valence-electron chi connectivity index (χ3n) is 3.88. The lowest BCUT2D eigenvalue weighted by Crippen LogP contribution is -2.30. The first-order chi connectivity index (χ1) is 13.8. The van der Waals surface area contributed by atoms with E-state index in [4.69, 9.17) is 42.1 Å². The highest BCUT2D eigenvalue weighted by molar-refractivity contribution is 6.35. The fourth-order valence-electron chi connectivity index (χ4n) is 2.57. The molecular formula is C20H21Cl2NO6. The van der Waals surface area contributed by atoms with Gasteiger partial charge in [0.25, 0.3) is 5.91 Å². The van der Waals surface area contributed by atoms with Crippen LogP contribution in [0.2, 0.25) is 10.0 Å². The molecule has 7 nitrogen and oxygen atoms in total. The molecule has 2 aromatic rings. The molecule has 1 N–H and O–H groups in total. The minimum atomic E-state index is -1.03. The topological polar surface area (TPSA) is 83.1 Å². The average molecular weight is 442 g/mol. The maximum Gasteiger partial charge on any atom is 0.311 e. The molecule has 29 heavy (non-hydrogen) atoms. The SMILES string of the molecule is COc1cc(CC(=O)OC(C)C(=O)Nc2cc(Cl)cc(Cl)c2)cc(OC)c1OC. The number of methoxy groups -OCH3 is 3. The number of hydrogen-bond acceptors (Lipinski definition) is 6. The number of ether oxygens (including phenoxy) is 4. The number of anilines is 1. The molecule has 0 saturated heterocycles. The predicted octanol–water partition coefficient (Wildman–Crippen LogP) is 4.13. The van der Waals surface area contributed by atoms with Crippen molar-refractivity contribution < 1.29 is 28.5 Å². The standard InChI is InChI=1S/C20H21Cl2NO6/c1-11(20(25)23-15-9-13(21)8-14(22)10-15)29-18(24)7-12-5-16(26-2)19(28-4)17(6-12)27-3/h5-6,8-11H,7H2,1-4H3,(H,23,25). The van der Waals surface area contributed by atoms with Gasteiger partial charge in [-0.1, -0.05) is 23.2 Å². The molecule has 156 valence electrons. The van der Waals surface area contributed by atoms with Gasteiger partial charge in [-0.3, -0.25) is 9.59 Å². The van der Waals surface area contributed by atoms with Crippen LogP contribution < -0.4 is 19.5 Å². The second-order valence-corrected chi connectivity index (χ2v) is 6.86. The molecule has 0 bridgehead atoms. The Kier molecular flexibility index (Phi) is 7.99. The van der Waals surface area contributed by atoms with E-state index in [0.29, 0.717) is 38.5 Å². The van der Waals surface area contributed by atoms with Gasteiger partial charge >= 0.3 is 5.97 Å². The number of halogens is 2. The molecular weight excluding hydrogens is 421 g/mol. The van der Waals surface area contributed by atoms with E-state index in [1.807, 2.05) is 0 Å². The average Bonchev–Trinajstić information content (AvgIpc) is 2.65. The second kappa shape index (κ2) is 10.2. The summed E-state index contributed by atoms with van der Waals surface area (Å²) in [7, 11) is 4.45. The zero-order valence-electron chi connectivity index (χ0n) is 16.4. The van der Waals surface area contributed by atoms with Crippen LogP contribution in [0.3, 0.4) is 0 Å². The van der Waals surface area contributed by atoms with Crippen LogP contribution >= 0.6 is 23.2 Å². The molecule has 0 aromatic heterocycles. The van der Waals surface area contributed by atoms with E-state index < -0.39 is 18.0 Å². The molecule has 0 aliphatic rings.